The first-order valence-corrected chi connectivity index (χ1v) is 4.60. The Balaban J connectivity index is 2.71. The lowest BCUT2D eigenvalue weighted by atomic mass is 10.1. The van der Waals surface area contributed by atoms with Crippen LogP contribution in [0.25, 0.3) is 0 Å². The normalized spacial score (nSPS) is 20.8. The van der Waals surface area contributed by atoms with Gasteiger partial charge in [0.2, 0.25) is 10.1 Å². The van der Waals surface area contributed by atoms with Gasteiger partial charge in [0.15, 0.2) is 5.76 Å². The molecule has 0 unspecified atom stereocenters. The van der Waals surface area contributed by atoms with E-state index in [2.05, 4.69) is 0 Å². The molecular formula is C7H7Cl3O2. The number of ketones is 1. The zero-order valence-electron chi connectivity index (χ0n) is 6.36. The summed E-state index contributed by atoms with van der Waals surface area (Å²) in [4.78, 5) is 10.9. The third-order valence-corrected chi connectivity index (χ3v) is 2.45. The van der Waals surface area contributed by atoms with Crippen LogP contribution in [0, 0.1) is 0 Å². The molecule has 0 aromatic rings. The predicted octanol–water partition coefficient (Wildman–Crippen LogP) is 2.62. The number of carbonyl (C=O) groups excluding carboxylic acids is 1. The summed E-state index contributed by atoms with van der Waals surface area (Å²) in [7, 11) is 0. The van der Waals surface area contributed by atoms with Crippen LogP contribution < -0.4 is 0 Å². The lowest BCUT2D eigenvalue weighted by molar-refractivity contribution is -0.118. The second kappa shape index (κ2) is 3.44. The van der Waals surface area contributed by atoms with Crippen molar-refractivity contribution in [2.45, 2.75) is 17.7 Å². The Bertz CT molecular complexity index is 245. The molecule has 0 N–H and O–H groups in total. The standard InChI is InChI=1S/C7H7Cl3O2/c1-2-3-12-6-4(8)5(11)7(6,9)10/h2-3H2,1H3. The maximum atomic E-state index is 10.9. The molecule has 2 nitrogen and oxygen atoms in total. The third-order valence-electron chi connectivity index (χ3n) is 1.42. The summed E-state index contributed by atoms with van der Waals surface area (Å²) in [5, 5.41) is 0.00782. The molecule has 0 amide bonds. The van der Waals surface area contributed by atoms with Crippen LogP contribution in [0.15, 0.2) is 10.8 Å². The van der Waals surface area contributed by atoms with Crippen LogP contribution in [-0.4, -0.2) is 16.7 Å². The average molecular weight is 229 g/mol. The van der Waals surface area contributed by atoms with Crippen molar-refractivity contribution in [3.63, 3.8) is 0 Å². The van der Waals surface area contributed by atoms with Gasteiger partial charge in [-0.25, -0.2) is 0 Å². The summed E-state index contributed by atoms with van der Waals surface area (Å²) in [6, 6.07) is 0. The molecule has 1 aliphatic carbocycles. The number of alkyl halides is 2. The molecule has 0 radical (unpaired) electrons. The molecule has 68 valence electrons. The lowest BCUT2D eigenvalue weighted by Gasteiger charge is -2.30. The van der Waals surface area contributed by atoms with Crippen LogP contribution in [0.4, 0.5) is 0 Å². The van der Waals surface area contributed by atoms with Crippen molar-refractivity contribution in [3.8, 4) is 0 Å². The van der Waals surface area contributed by atoms with Gasteiger partial charge in [-0.05, 0) is 6.42 Å². The molecule has 5 heteroatoms. The van der Waals surface area contributed by atoms with E-state index in [9.17, 15) is 4.79 Å². The fourth-order valence-electron chi connectivity index (χ4n) is 0.778. The predicted molar refractivity (Wildman–Crippen MR) is 48.6 cm³/mol. The number of hydrogen-bond acceptors (Lipinski definition) is 2. The Kier molecular flexibility index (Phi) is 2.92. The molecule has 1 rings (SSSR count). The summed E-state index contributed by atoms with van der Waals surface area (Å²) in [6.07, 6.45) is 0.811. The molecule has 0 bridgehead atoms. The van der Waals surface area contributed by atoms with E-state index in [-0.39, 0.29) is 10.8 Å². The van der Waals surface area contributed by atoms with Crippen LogP contribution >= 0.6 is 34.8 Å². The van der Waals surface area contributed by atoms with E-state index in [1.807, 2.05) is 6.92 Å². The zero-order valence-corrected chi connectivity index (χ0v) is 8.63. The van der Waals surface area contributed by atoms with Gasteiger partial charge >= 0.3 is 0 Å². The lowest BCUT2D eigenvalue weighted by Crippen LogP contribution is -2.40. The number of ether oxygens (including phenoxy) is 1. The fraction of sp³-hybridized carbons (Fsp3) is 0.571. The highest BCUT2D eigenvalue weighted by Gasteiger charge is 2.53. The molecule has 12 heavy (non-hydrogen) atoms. The van der Waals surface area contributed by atoms with Crippen LogP contribution in [0.5, 0.6) is 0 Å². The van der Waals surface area contributed by atoms with E-state index >= 15 is 0 Å². The van der Waals surface area contributed by atoms with Crippen molar-refractivity contribution in [2.75, 3.05) is 6.61 Å². The van der Waals surface area contributed by atoms with Crippen molar-refractivity contribution in [1.29, 1.82) is 0 Å². The second-order valence-electron chi connectivity index (χ2n) is 2.40. The maximum absolute atomic E-state index is 10.9. The molecule has 0 aromatic heterocycles. The smallest absolute Gasteiger partial charge is 0.239 e. The Morgan fingerprint density at radius 3 is 2.50 bits per heavy atom. The van der Waals surface area contributed by atoms with Crippen LogP contribution in [0.3, 0.4) is 0 Å². The molecule has 0 saturated carbocycles. The summed E-state index contributed by atoms with van der Waals surface area (Å²) in [5.74, 6) is -0.307. The molecule has 0 aliphatic heterocycles. The van der Waals surface area contributed by atoms with Gasteiger partial charge in [0.1, 0.15) is 5.03 Å². The number of hydrogen-bond donors (Lipinski definition) is 0. The molecule has 0 fully saturated rings. The van der Waals surface area contributed by atoms with Crippen molar-refractivity contribution >= 4 is 40.6 Å². The van der Waals surface area contributed by atoms with Gasteiger partial charge in [0.25, 0.3) is 0 Å². The summed E-state index contributed by atoms with van der Waals surface area (Å²) < 4.78 is 3.54. The first kappa shape index (κ1) is 10.2. The Morgan fingerprint density at radius 1 is 1.50 bits per heavy atom. The minimum absolute atomic E-state index is 0.00782. The second-order valence-corrected chi connectivity index (χ2v) is 4.10. The van der Waals surface area contributed by atoms with E-state index in [1.165, 1.54) is 0 Å². The molecule has 0 aromatic carbocycles. The Morgan fingerprint density at radius 2 is 2.08 bits per heavy atom. The Hall–Kier alpha value is 0.0800. The van der Waals surface area contributed by atoms with Gasteiger partial charge in [-0.1, -0.05) is 41.7 Å². The molecule has 1 aliphatic rings. The Labute approximate surface area is 85.4 Å². The van der Waals surface area contributed by atoms with Crippen molar-refractivity contribution in [3.05, 3.63) is 10.8 Å². The number of allylic oxidation sites excluding steroid dienone is 2. The third kappa shape index (κ3) is 1.43. The van der Waals surface area contributed by atoms with Crippen LogP contribution in [-0.2, 0) is 9.53 Å². The molecular weight excluding hydrogens is 222 g/mol. The minimum atomic E-state index is -1.55. The van der Waals surface area contributed by atoms with Gasteiger partial charge < -0.3 is 4.74 Å². The zero-order chi connectivity index (χ0) is 9.35. The quantitative estimate of drug-likeness (QED) is 0.696. The first-order valence-electron chi connectivity index (χ1n) is 3.47. The van der Waals surface area contributed by atoms with Crippen LogP contribution in [0.1, 0.15) is 13.3 Å². The largest absolute Gasteiger partial charge is 0.493 e. The van der Waals surface area contributed by atoms with Gasteiger partial charge in [-0.3, -0.25) is 4.79 Å². The average Bonchev–Trinajstić information content (AvgIpc) is 2.03. The van der Waals surface area contributed by atoms with Gasteiger partial charge in [0.05, 0.1) is 6.61 Å². The summed E-state index contributed by atoms with van der Waals surface area (Å²) in [5.41, 5.74) is 0. The highest BCUT2D eigenvalue weighted by Crippen LogP contribution is 2.46. The van der Waals surface area contributed by atoms with Crippen molar-refractivity contribution in [2.24, 2.45) is 0 Å². The molecule has 0 atom stereocenters. The molecule has 0 spiro atoms. The van der Waals surface area contributed by atoms with E-state index in [0.29, 0.717) is 6.61 Å². The number of carbonyl (C=O) groups is 1. The summed E-state index contributed by atoms with van der Waals surface area (Å²) >= 11 is 16.7. The number of rotatable bonds is 3. The summed E-state index contributed by atoms with van der Waals surface area (Å²) in [6.45, 7) is 2.39. The van der Waals surface area contributed by atoms with Crippen molar-refractivity contribution < 1.29 is 9.53 Å². The van der Waals surface area contributed by atoms with Crippen LogP contribution in [0.2, 0.25) is 0 Å². The highest BCUT2D eigenvalue weighted by molar-refractivity contribution is 6.69. The number of halogens is 3. The monoisotopic (exact) mass is 228 g/mol. The van der Waals surface area contributed by atoms with E-state index in [0.717, 1.165) is 6.42 Å². The first-order chi connectivity index (χ1) is 5.51. The van der Waals surface area contributed by atoms with Gasteiger partial charge in [-0.2, -0.15) is 0 Å². The number of Topliss-reactive ketones (excluding diaryl/α,β-unsaturated/α-hetero) is 1. The van der Waals surface area contributed by atoms with E-state index in [4.69, 9.17) is 39.5 Å². The van der Waals surface area contributed by atoms with E-state index < -0.39 is 10.1 Å². The SMILES string of the molecule is CCCOC1=C(Cl)C(=O)C1(Cl)Cl. The molecule has 0 heterocycles. The molecule has 0 saturated heterocycles. The topological polar surface area (TPSA) is 26.3 Å². The highest BCUT2D eigenvalue weighted by atomic mass is 35.5. The van der Waals surface area contributed by atoms with Gasteiger partial charge in [0, 0.05) is 0 Å². The minimum Gasteiger partial charge on any atom is -0.493 e. The fourth-order valence-corrected chi connectivity index (χ4v) is 1.80. The maximum Gasteiger partial charge on any atom is 0.239 e. The van der Waals surface area contributed by atoms with Crippen molar-refractivity contribution in [1.82, 2.24) is 0 Å². The van der Waals surface area contributed by atoms with E-state index in [1.54, 1.807) is 0 Å². The van der Waals surface area contributed by atoms with Gasteiger partial charge in [-0.15, -0.1) is 0 Å².